The van der Waals surface area contributed by atoms with Crippen molar-refractivity contribution in [2.45, 2.75) is 26.4 Å². The van der Waals surface area contributed by atoms with Crippen LogP contribution in [0.3, 0.4) is 0 Å². The molecule has 1 aromatic carbocycles. The second-order valence-electron chi connectivity index (χ2n) is 4.19. The maximum atomic E-state index is 12.9. The van der Waals surface area contributed by atoms with Crippen molar-refractivity contribution in [3.8, 4) is 0 Å². The molecule has 3 nitrogen and oxygen atoms in total. The number of carboxylic acids is 1. The van der Waals surface area contributed by atoms with Crippen LogP contribution < -0.4 is 5.32 Å². The standard InChI is InChI=1S/C12H15F2NO2/c1-7(2)11(12(16)17)15-6-8-3-4-9(13)10(14)5-8/h3-5,7,11,15H,6H2,1-2H3,(H,16,17). The minimum absolute atomic E-state index is 0.0854. The fraction of sp³-hybridized carbons (Fsp3) is 0.417. The summed E-state index contributed by atoms with van der Waals surface area (Å²) in [5, 5.41) is 11.7. The zero-order chi connectivity index (χ0) is 13.0. The van der Waals surface area contributed by atoms with E-state index in [1.165, 1.54) is 6.07 Å². The molecule has 1 atom stereocenters. The van der Waals surface area contributed by atoms with Gasteiger partial charge in [-0.05, 0) is 23.6 Å². The lowest BCUT2D eigenvalue weighted by atomic mass is 10.0. The highest BCUT2D eigenvalue weighted by Gasteiger charge is 2.20. The summed E-state index contributed by atoms with van der Waals surface area (Å²) in [5.41, 5.74) is 0.510. The van der Waals surface area contributed by atoms with Crippen LogP contribution in [0.2, 0.25) is 0 Å². The topological polar surface area (TPSA) is 49.3 Å². The molecular weight excluding hydrogens is 228 g/mol. The van der Waals surface area contributed by atoms with Crippen molar-refractivity contribution < 1.29 is 18.7 Å². The van der Waals surface area contributed by atoms with Crippen molar-refractivity contribution in [2.24, 2.45) is 5.92 Å². The Morgan fingerprint density at radius 3 is 2.47 bits per heavy atom. The minimum Gasteiger partial charge on any atom is -0.480 e. The summed E-state index contributed by atoms with van der Waals surface area (Å²) < 4.78 is 25.6. The van der Waals surface area contributed by atoms with E-state index >= 15 is 0 Å². The summed E-state index contributed by atoms with van der Waals surface area (Å²) >= 11 is 0. The third-order valence-corrected chi connectivity index (χ3v) is 2.44. The van der Waals surface area contributed by atoms with Crippen molar-refractivity contribution in [3.05, 3.63) is 35.4 Å². The minimum atomic E-state index is -0.956. The van der Waals surface area contributed by atoms with Gasteiger partial charge in [-0.15, -0.1) is 0 Å². The number of halogens is 2. The molecule has 0 amide bonds. The van der Waals surface area contributed by atoms with Crippen LogP contribution in [0.15, 0.2) is 18.2 Å². The number of hydrogen-bond donors (Lipinski definition) is 2. The monoisotopic (exact) mass is 243 g/mol. The Kier molecular flexibility index (Phi) is 4.57. The molecule has 0 heterocycles. The lowest BCUT2D eigenvalue weighted by Crippen LogP contribution is -2.40. The summed E-state index contributed by atoms with van der Waals surface area (Å²) in [5.74, 6) is -2.88. The molecule has 2 N–H and O–H groups in total. The van der Waals surface area contributed by atoms with Gasteiger partial charge in [0, 0.05) is 6.54 Å². The molecular formula is C12H15F2NO2. The van der Waals surface area contributed by atoms with E-state index in [1.54, 1.807) is 13.8 Å². The van der Waals surface area contributed by atoms with E-state index in [0.717, 1.165) is 12.1 Å². The Morgan fingerprint density at radius 1 is 1.35 bits per heavy atom. The number of rotatable bonds is 5. The Morgan fingerprint density at radius 2 is 2.00 bits per heavy atom. The molecule has 17 heavy (non-hydrogen) atoms. The van der Waals surface area contributed by atoms with Gasteiger partial charge in [0.1, 0.15) is 6.04 Å². The Hall–Kier alpha value is -1.49. The molecule has 0 aromatic heterocycles. The first-order valence-electron chi connectivity index (χ1n) is 5.32. The highest BCUT2D eigenvalue weighted by molar-refractivity contribution is 5.73. The molecule has 1 aromatic rings. The molecule has 0 fully saturated rings. The van der Waals surface area contributed by atoms with Crippen molar-refractivity contribution in [3.63, 3.8) is 0 Å². The van der Waals surface area contributed by atoms with E-state index in [1.807, 2.05) is 0 Å². The molecule has 0 spiro atoms. The van der Waals surface area contributed by atoms with Gasteiger partial charge in [0.25, 0.3) is 0 Å². The average molecular weight is 243 g/mol. The van der Waals surface area contributed by atoms with Gasteiger partial charge in [0.2, 0.25) is 0 Å². The number of aliphatic carboxylic acids is 1. The molecule has 0 bridgehead atoms. The Balaban J connectivity index is 2.65. The zero-order valence-electron chi connectivity index (χ0n) is 9.71. The summed E-state index contributed by atoms with van der Waals surface area (Å²) in [6, 6.07) is 2.80. The quantitative estimate of drug-likeness (QED) is 0.833. The van der Waals surface area contributed by atoms with Gasteiger partial charge in [-0.1, -0.05) is 19.9 Å². The molecule has 0 radical (unpaired) electrons. The van der Waals surface area contributed by atoms with Gasteiger partial charge in [-0.3, -0.25) is 4.79 Å². The van der Waals surface area contributed by atoms with Crippen LogP contribution in [0.5, 0.6) is 0 Å². The van der Waals surface area contributed by atoms with Gasteiger partial charge in [0.05, 0.1) is 0 Å². The highest BCUT2D eigenvalue weighted by atomic mass is 19.2. The van der Waals surface area contributed by atoms with Crippen LogP contribution >= 0.6 is 0 Å². The molecule has 0 aliphatic rings. The number of carboxylic acid groups (broad SMARTS) is 1. The Bertz CT molecular complexity index is 407. The molecule has 5 heteroatoms. The summed E-state index contributed by atoms with van der Waals surface area (Å²) in [6.07, 6.45) is 0. The van der Waals surface area contributed by atoms with Crippen LogP contribution in [0, 0.1) is 17.6 Å². The molecule has 0 saturated heterocycles. The predicted octanol–water partition coefficient (Wildman–Crippen LogP) is 2.16. The third kappa shape index (κ3) is 3.78. The largest absolute Gasteiger partial charge is 0.480 e. The summed E-state index contributed by atoms with van der Waals surface area (Å²) in [7, 11) is 0. The van der Waals surface area contributed by atoms with Gasteiger partial charge in [-0.25, -0.2) is 8.78 Å². The molecule has 1 rings (SSSR count). The van der Waals surface area contributed by atoms with E-state index in [4.69, 9.17) is 5.11 Å². The van der Waals surface area contributed by atoms with Crippen LogP contribution in [0.4, 0.5) is 8.78 Å². The van der Waals surface area contributed by atoms with Crippen molar-refractivity contribution >= 4 is 5.97 Å². The van der Waals surface area contributed by atoms with Crippen LogP contribution in [-0.2, 0) is 11.3 Å². The van der Waals surface area contributed by atoms with E-state index in [0.29, 0.717) is 5.56 Å². The van der Waals surface area contributed by atoms with Gasteiger partial charge < -0.3 is 10.4 Å². The van der Waals surface area contributed by atoms with E-state index < -0.39 is 23.6 Å². The lowest BCUT2D eigenvalue weighted by molar-refractivity contribution is -0.140. The van der Waals surface area contributed by atoms with Gasteiger partial charge >= 0.3 is 5.97 Å². The van der Waals surface area contributed by atoms with Crippen molar-refractivity contribution in [2.75, 3.05) is 0 Å². The number of carbonyl (C=O) groups is 1. The van der Waals surface area contributed by atoms with Crippen LogP contribution in [0.25, 0.3) is 0 Å². The normalized spacial score (nSPS) is 12.8. The third-order valence-electron chi connectivity index (χ3n) is 2.44. The van der Waals surface area contributed by atoms with Crippen molar-refractivity contribution in [1.82, 2.24) is 5.32 Å². The first-order chi connectivity index (χ1) is 7.91. The predicted molar refractivity (Wildman–Crippen MR) is 59.5 cm³/mol. The lowest BCUT2D eigenvalue weighted by Gasteiger charge is -2.17. The Labute approximate surface area is 98.5 Å². The fourth-order valence-electron chi connectivity index (χ4n) is 1.49. The summed E-state index contributed by atoms with van der Waals surface area (Å²) in [4.78, 5) is 10.9. The molecule has 1 unspecified atom stereocenters. The second kappa shape index (κ2) is 5.72. The molecule has 0 saturated carbocycles. The maximum absolute atomic E-state index is 12.9. The average Bonchev–Trinajstić information content (AvgIpc) is 2.22. The van der Waals surface area contributed by atoms with Gasteiger partial charge in [-0.2, -0.15) is 0 Å². The maximum Gasteiger partial charge on any atom is 0.320 e. The number of benzene rings is 1. The first-order valence-corrected chi connectivity index (χ1v) is 5.32. The fourth-order valence-corrected chi connectivity index (χ4v) is 1.49. The van der Waals surface area contributed by atoms with E-state index in [9.17, 15) is 13.6 Å². The summed E-state index contributed by atoms with van der Waals surface area (Å²) in [6.45, 7) is 3.74. The molecule has 94 valence electrons. The smallest absolute Gasteiger partial charge is 0.320 e. The van der Waals surface area contributed by atoms with Crippen molar-refractivity contribution in [1.29, 1.82) is 0 Å². The van der Waals surface area contributed by atoms with E-state index in [-0.39, 0.29) is 12.5 Å². The first kappa shape index (κ1) is 13.6. The SMILES string of the molecule is CC(C)C(NCc1ccc(F)c(F)c1)C(=O)O. The van der Waals surface area contributed by atoms with E-state index in [2.05, 4.69) is 5.32 Å². The zero-order valence-corrected chi connectivity index (χ0v) is 9.71. The highest BCUT2D eigenvalue weighted by Crippen LogP contribution is 2.09. The number of hydrogen-bond acceptors (Lipinski definition) is 2. The van der Waals surface area contributed by atoms with Gasteiger partial charge in [0.15, 0.2) is 11.6 Å². The number of nitrogens with one attached hydrogen (secondary N) is 1. The molecule has 0 aliphatic carbocycles. The molecule has 0 aliphatic heterocycles. The second-order valence-corrected chi connectivity index (χ2v) is 4.19. The van der Waals surface area contributed by atoms with Crippen LogP contribution in [-0.4, -0.2) is 17.1 Å². The van der Waals surface area contributed by atoms with Crippen LogP contribution in [0.1, 0.15) is 19.4 Å².